The number of H-pyrrole nitrogens is 1. The molecule has 1 aromatic heterocycles. The molecule has 0 radical (unpaired) electrons. The summed E-state index contributed by atoms with van der Waals surface area (Å²) in [5, 5.41) is 9.30. The first-order valence-corrected chi connectivity index (χ1v) is 4.25. The molecule has 0 fully saturated rings. The topological polar surface area (TPSA) is 79.4 Å². The Hall–Kier alpha value is -1.92. The number of aromatic hydroxyl groups is 1. The molecule has 1 rings (SSSR count). The summed E-state index contributed by atoms with van der Waals surface area (Å²) in [6.45, 7) is 0. The standard InChI is InChI=1S/C9H9F2NO4/c1-16-6(14)2-4-5(13)3-12-9(15)7(4)8(10)11/h3,8,13H,2H2,1H3,(H,12,15). The summed E-state index contributed by atoms with van der Waals surface area (Å²) in [6.07, 6.45) is -2.80. The van der Waals surface area contributed by atoms with Gasteiger partial charge in [-0.15, -0.1) is 0 Å². The lowest BCUT2D eigenvalue weighted by Crippen LogP contribution is -2.18. The highest BCUT2D eigenvalue weighted by Gasteiger charge is 2.22. The van der Waals surface area contributed by atoms with Gasteiger partial charge in [-0.25, -0.2) is 8.78 Å². The summed E-state index contributed by atoms with van der Waals surface area (Å²) in [5.74, 6) is -1.39. The Morgan fingerprint density at radius 1 is 1.62 bits per heavy atom. The van der Waals surface area contributed by atoms with E-state index in [0.717, 1.165) is 13.3 Å². The summed E-state index contributed by atoms with van der Waals surface area (Å²) < 4.78 is 29.4. The molecular weight excluding hydrogens is 224 g/mol. The number of hydrogen-bond acceptors (Lipinski definition) is 4. The third-order valence-electron chi connectivity index (χ3n) is 1.99. The highest BCUT2D eigenvalue weighted by atomic mass is 19.3. The van der Waals surface area contributed by atoms with E-state index in [1.807, 2.05) is 4.98 Å². The van der Waals surface area contributed by atoms with Crippen LogP contribution in [0.2, 0.25) is 0 Å². The first kappa shape index (κ1) is 12.2. The van der Waals surface area contributed by atoms with Crippen LogP contribution in [-0.2, 0) is 16.0 Å². The van der Waals surface area contributed by atoms with E-state index in [2.05, 4.69) is 4.74 Å². The minimum Gasteiger partial charge on any atom is -0.506 e. The summed E-state index contributed by atoms with van der Waals surface area (Å²) in [7, 11) is 1.08. The Kier molecular flexibility index (Phi) is 3.60. The Morgan fingerprint density at radius 2 is 2.25 bits per heavy atom. The molecule has 0 aromatic carbocycles. The third kappa shape index (κ3) is 2.36. The van der Waals surface area contributed by atoms with E-state index >= 15 is 0 Å². The van der Waals surface area contributed by atoms with Crippen molar-refractivity contribution >= 4 is 5.97 Å². The van der Waals surface area contributed by atoms with Crippen molar-refractivity contribution in [3.8, 4) is 5.75 Å². The Labute approximate surface area is 88.7 Å². The normalized spacial score (nSPS) is 10.5. The number of rotatable bonds is 3. The van der Waals surface area contributed by atoms with E-state index < -0.39 is 41.3 Å². The van der Waals surface area contributed by atoms with Gasteiger partial charge in [0.1, 0.15) is 5.75 Å². The number of nitrogens with one attached hydrogen (secondary N) is 1. The summed E-state index contributed by atoms with van der Waals surface area (Å²) in [6, 6.07) is 0. The highest BCUT2D eigenvalue weighted by molar-refractivity contribution is 5.73. The zero-order valence-electron chi connectivity index (χ0n) is 8.29. The quantitative estimate of drug-likeness (QED) is 0.754. The molecule has 2 N–H and O–H groups in total. The van der Waals surface area contributed by atoms with Crippen molar-refractivity contribution in [1.82, 2.24) is 4.98 Å². The molecule has 1 heterocycles. The van der Waals surface area contributed by atoms with Crippen molar-refractivity contribution in [2.75, 3.05) is 7.11 Å². The molecule has 0 saturated heterocycles. The number of alkyl halides is 2. The maximum atomic E-state index is 12.5. The fourth-order valence-electron chi connectivity index (χ4n) is 1.21. The lowest BCUT2D eigenvalue weighted by Gasteiger charge is -2.08. The number of aromatic amines is 1. The number of halogens is 2. The van der Waals surface area contributed by atoms with Crippen LogP contribution in [0.5, 0.6) is 5.75 Å². The van der Waals surface area contributed by atoms with Crippen LogP contribution in [0.4, 0.5) is 8.78 Å². The van der Waals surface area contributed by atoms with Gasteiger partial charge in [0, 0.05) is 11.8 Å². The van der Waals surface area contributed by atoms with Crippen molar-refractivity contribution in [1.29, 1.82) is 0 Å². The zero-order chi connectivity index (χ0) is 12.3. The molecule has 88 valence electrons. The van der Waals surface area contributed by atoms with Crippen LogP contribution in [0.25, 0.3) is 0 Å². The molecule has 0 spiro atoms. The summed E-state index contributed by atoms with van der Waals surface area (Å²) >= 11 is 0. The molecule has 0 unspecified atom stereocenters. The molecule has 1 aromatic rings. The van der Waals surface area contributed by atoms with E-state index in [9.17, 15) is 23.5 Å². The fraction of sp³-hybridized carbons (Fsp3) is 0.333. The largest absolute Gasteiger partial charge is 0.506 e. The van der Waals surface area contributed by atoms with Crippen molar-refractivity contribution in [3.63, 3.8) is 0 Å². The summed E-state index contributed by atoms with van der Waals surface area (Å²) in [4.78, 5) is 24.0. The molecule has 0 aliphatic heterocycles. The monoisotopic (exact) mass is 233 g/mol. The van der Waals surface area contributed by atoms with Gasteiger partial charge in [0.05, 0.1) is 19.1 Å². The molecule has 16 heavy (non-hydrogen) atoms. The lowest BCUT2D eigenvalue weighted by atomic mass is 10.1. The van der Waals surface area contributed by atoms with Gasteiger partial charge >= 0.3 is 5.97 Å². The minimum absolute atomic E-state index is 0.411. The number of ether oxygens (including phenoxy) is 1. The van der Waals surface area contributed by atoms with Crippen LogP contribution in [0.15, 0.2) is 11.0 Å². The lowest BCUT2D eigenvalue weighted by molar-refractivity contribution is -0.139. The van der Waals surface area contributed by atoms with Gasteiger partial charge in [-0.3, -0.25) is 9.59 Å². The Bertz CT molecular complexity index is 455. The number of esters is 1. The number of carbonyl (C=O) groups excluding carboxylic acids is 1. The molecule has 0 saturated carbocycles. The minimum atomic E-state index is -3.07. The van der Waals surface area contributed by atoms with E-state index in [0.29, 0.717) is 0 Å². The van der Waals surface area contributed by atoms with Crippen LogP contribution in [0.3, 0.4) is 0 Å². The Balaban J connectivity index is 3.29. The van der Waals surface area contributed by atoms with Gasteiger partial charge in [-0.1, -0.05) is 0 Å². The van der Waals surface area contributed by atoms with Gasteiger partial charge < -0.3 is 14.8 Å². The van der Waals surface area contributed by atoms with Crippen molar-refractivity contribution in [3.05, 3.63) is 27.7 Å². The molecule has 0 atom stereocenters. The second-order valence-corrected chi connectivity index (χ2v) is 2.95. The van der Waals surface area contributed by atoms with Gasteiger partial charge in [-0.2, -0.15) is 0 Å². The van der Waals surface area contributed by atoms with E-state index in [4.69, 9.17) is 0 Å². The zero-order valence-corrected chi connectivity index (χ0v) is 8.29. The van der Waals surface area contributed by atoms with Crippen molar-refractivity contribution in [2.45, 2.75) is 12.8 Å². The second kappa shape index (κ2) is 4.73. The number of methoxy groups -OCH3 is 1. The molecule has 7 heteroatoms. The Morgan fingerprint density at radius 3 is 2.75 bits per heavy atom. The SMILES string of the molecule is COC(=O)Cc1c(O)c[nH]c(=O)c1C(F)F. The number of aromatic nitrogens is 1. The second-order valence-electron chi connectivity index (χ2n) is 2.95. The highest BCUT2D eigenvalue weighted by Crippen LogP contribution is 2.25. The average molecular weight is 233 g/mol. The maximum Gasteiger partial charge on any atom is 0.310 e. The van der Waals surface area contributed by atoms with Crippen LogP contribution in [-0.4, -0.2) is 23.2 Å². The molecule has 0 aliphatic carbocycles. The number of pyridine rings is 1. The van der Waals surface area contributed by atoms with Crippen LogP contribution in [0, 0.1) is 0 Å². The van der Waals surface area contributed by atoms with Crippen LogP contribution < -0.4 is 5.56 Å². The predicted molar refractivity (Wildman–Crippen MR) is 49.4 cm³/mol. The number of hydrogen-bond donors (Lipinski definition) is 2. The number of carbonyl (C=O) groups is 1. The van der Waals surface area contributed by atoms with E-state index in [1.165, 1.54) is 0 Å². The predicted octanol–water partition coefficient (Wildman–Crippen LogP) is 0.734. The smallest absolute Gasteiger partial charge is 0.310 e. The first-order valence-electron chi connectivity index (χ1n) is 4.25. The van der Waals surface area contributed by atoms with Gasteiger partial charge in [0.15, 0.2) is 0 Å². The van der Waals surface area contributed by atoms with Crippen molar-refractivity contribution in [2.24, 2.45) is 0 Å². The van der Waals surface area contributed by atoms with Crippen LogP contribution in [0.1, 0.15) is 17.6 Å². The van der Waals surface area contributed by atoms with Gasteiger partial charge in [0.2, 0.25) is 0 Å². The molecule has 0 bridgehead atoms. The molecule has 0 amide bonds. The van der Waals surface area contributed by atoms with Crippen molar-refractivity contribution < 1.29 is 23.4 Å². The fourth-order valence-corrected chi connectivity index (χ4v) is 1.21. The first-order chi connectivity index (χ1) is 7.47. The molecule has 5 nitrogen and oxygen atoms in total. The maximum absolute atomic E-state index is 12.5. The molecule has 0 aliphatic rings. The van der Waals surface area contributed by atoms with Crippen LogP contribution >= 0.6 is 0 Å². The van der Waals surface area contributed by atoms with Gasteiger partial charge in [0.25, 0.3) is 12.0 Å². The van der Waals surface area contributed by atoms with Gasteiger partial charge in [-0.05, 0) is 0 Å². The summed E-state index contributed by atoms with van der Waals surface area (Å²) in [5.41, 5.74) is -2.36. The molecular formula is C9H9F2NO4. The third-order valence-corrected chi connectivity index (χ3v) is 1.99. The van der Waals surface area contributed by atoms with E-state index in [-0.39, 0.29) is 0 Å². The average Bonchev–Trinajstić information content (AvgIpc) is 2.22. The van der Waals surface area contributed by atoms with E-state index in [1.54, 1.807) is 0 Å².